The number of hydroxylamine groups is 3. The lowest BCUT2D eigenvalue weighted by molar-refractivity contribution is -1.11. The lowest BCUT2D eigenvalue weighted by Gasteiger charge is -2.33. The number of benzene rings is 2. The van der Waals surface area contributed by atoms with Crippen LogP contribution in [0.1, 0.15) is 30.0 Å². The van der Waals surface area contributed by atoms with Gasteiger partial charge in [0.15, 0.2) is 0 Å². The van der Waals surface area contributed by atoms with E-state index in [0.717, 1.165) is 28.7 Å². The summed E-state index contributed by atoms with van der Waals surface area (Å²) >= 11 is 0. The van der Waals surface area contributed by atoms with Crippen LogP contribution in [0.2, 0.25) is 0 Å². The molecular weight excluding hydrogens is 420 g/mol. The van der Waals surface area contributed by atoms with Crippen LogP contribution in [0, 0.1) is 0 Å². The highest BCUT2D eigenvalue weighted by molar-refractivity contribution is 6.37. The molecule has 2 aliphatic rings. The first-order valence-corrected chi connectivity index (χ1v) is 11.4. The van der Waals surface area contributed by atoms with Crippen LogP contribution in [-0.4, -0.2) is 74.6 Å². The highest BCUT2D eigenvalue weighted by Crippen LogP contribution is 2.40. The highest BCUT2D eigenvalue weighted by Gasteiger charge is 2.34. The van der Waals surface area contributed by atoms with Crippen molar-refractivity contribution >= 4 is 17.3 Å². The lowest BCUT2D eigenvalue weighted by atomic mass is 9.97. The van der Waals surface area contributed by atoms with Crippen LogP contribution in [0.5, 0.6) is 5.75 Å². The molecule has 0 spiro atoms. The maximum atomic E-state index is 13.1. The van der Waals surface area contributed by atoms with E-state index in [1.807, 2.05) is 55.5 Å². The predicted octanol–water partition coefficient (Wildman–Crippen LogP) is 3.49. The van der Waals surface area contributed by atoms with Crippen molar-refractivity contribution < 1.29 is 28.9 Å². The normalized spacial score (nSPS) is 18.3. The molecule has 2 aromatic carbocycles. The quantitative estimate of drug-likeness (QED) is 0.491. The van der Waals surface area contributed by atoms with Gasteiger partial charge in [0.05, 0.1) is 31.1 Å². The monoisotopic (exact) mass is 451 g/mol. The fourth-order valence-electron chi connectivity index (χ4n) is 4.26. The fraction of sp³-hybridized carbons (Fsp3) is 0.385. The van der Waals surface area contributed by atoms with Gasteiger partial charge in [-0.2, -0.15) is 4.65 Å². The third-order valence-corrected chi connectivity index (χ3v) is 6.01. The minimum Gasteiger partial charge on any atom is -0.488 e. The van der Waals surface area contributed by atoms with Crippen LogP contribution < -0.4 is 4.74 Å². The topological polar surface area (TPSA) is 77.4 Å². The second kappa shape index (κ2) is 10.3. The molecule has 1 heterocycles. The Bertz CT molecular complexity index is 1060. The van der Waals surface area contributed by atoms with Gasteiger partial charge in [-0.3, -0.25) is 4.99 Å². The molecule has 33 heavy (non-hydrogen) atoms. The molecule has 0 aromatic heterocycles. The summed E-state index contributed by atoms with van der Waals surface area (Å²) in [6, 6.07) is 15.6. The molecule has 2 aromatic rings. The summed E-state index contributed by atoms with van der Waals surface area (Å²) in [6.07, 6.45) is 0.750. The second-order valence-corrected chi connectivity index (χ2v) is 8.26. The first kappa shape index (κ1) is 23.2. The summed E-state index contributed by atoms with van der Waals surface area (Å²) in [5, 5.41) is 10.6. The SMILES string of the molecule is CCCOC(=O)C1=C(c2ccccc2)c2ccc(OCC[N+]3(O)CCOCC3)cc2/C1=N\C. The van der Waals surface area contributed by atoms with Crippen LogP contribution in [-0.2, 0) is 14.3 Å². The molecule has 0 amide bonds. The Hall–Kier alpha value is -3.00. The van der Waals surface area contributed by atoms with Crippen LogP contribution in [0.4, 0.5) is 0 Å². The molecular formula is C26H31N2O5+. The zero-order chi connectivity index (χ0) is 23.3. The van der Waals surface area contributed by atoms with Gasteiger partial charge in [0.25, 0.3) is 0 Å². The van der Waals surface area contributed by atoms with Gasteiger partial charge in [0.1, 0.15) is 32.0 Å². The fourth-order valence-corrected chi connectivity index (χ4v) is 4.26. The van der Waals surface area contributed by atoms with Gasteiger partial charge in [0.2, 0.25) is 0 Å². The summed E-state index contributed by atoms with van der Waals surface area (Å²) in [5.41, 5.74) is 4.63. The van der Waals surface area contributed by atoms with E-state index in [1.54, 1.807) is 7.05 Å². The van der Waals surface area contributed by atoms with E-state index in [-0.39, 0.29) is 10.6 Å². The van der Waals surface area contributed by atoms with E-state index in [4.69, 9.17) is 14.2 Å². The number of nitrogens with zero attached hydrogens (tertiary/aromatic N) is 2. The van der Waals surface area contributed by atoms with Gasteiger partial charge in [-0.05, 0) is 35.7 Å². The van der Waals surface area contributed by atoms with Crippen LogP contribution >= 0.6 is 0 Å². The van der Waals surface area contributed by atoms with Gasteiger partial charge in [-0.25, -0.2) is 10.0 Å². The van der Waals surface area contributed by atoms with Crippen molar-refractivity contribution in [2.24, 2.45) is 4.99 Å². The molecule has 0 bridgehead atoms. The Kier molecular flexibility index (Phi) is 7.23. The summed E-state index contributed by atoms with van der Waals surface area (Å²) in [4.78, 5) is 17.5. The number of morpholine rings is 1. The van der Waals surface area contributed by atoms with E-state index in [1.165, 1.54) is 0 Å². The molecule has 4 rings (SSSR count). The Morgan fingerprint density at radius 3 is 2.55 bits per heavy atom. The third-order valence-electron chi connectivity index (χ3n) is 6.01. The van der Waals surface area contributed by atoms with E-state index in [2.05, 4.69) is 4.99 Å². The number of carbonyl (C=O) groups excluding carboxylic acids is 1. The number of rotatable bonds is 8. The van der Waals surface area contributed by atoms with Gasteiger partial charge < -0.3 is 14.2 Å². The minimum absolute atomic E-state index is 0.0419. The van der Waals surface area contributed by atoms with Crippen molar-refractivity contribution in [1.29, 1.82) is 0 Å². The molecule has 1 aliphatic heterocycles. The maximum absolute atomic E-state index is 13.1. The molecule has 7 nitrogen and oxygen atoms in total. The summed E-state index contributed by atoms with van der Waals surface area (Å²) < 4.78 is 16.8. The van der Waals surface area contributed by atoms with Crippen molar-refractivity contribution in [3.05, 3.63) is 70.8 Å². The smallest absolute Gasteiger partial charge is 0.341 e. The minimum atomic E-state index is -0.367. The Morgan fingerprint density at radius 1 is 1.09 bits per heavy atom. The lowest BCUT2D eigenvalue weighted by Crippen LogP contribution is -2.54. The Labute approximate surface area is 194 Å². The number of carbonyl (C=O) groups is 1. The number of esters is 1. The van der Waals surface area contributed by atoms with E-state index < -0.39 is 0 Å². The number of aliphatic imine (C=N–C) groups is 1. The van der Waals surface area contributed by atoms with Crippen LogP contribution in [0.15, 0.2) is 59.1 Å². The molecule has 174 valence electrons. The van der Waals surface area contributed by atoms with Crippen molar-refractivity contribution in [1.82, 2.24) is 0 Å². The average molecular weight is 452 g/mol. The average Bonchev–Trinajstić information content (AvgIpc) is 3.17. The zero-order valence-corrected chi connectivity index (χ0v) is 19.3. The zero-order valence-electron chi connectivity index (χ0n) is 19.3. The highest BCUT2D eigenvalue weighted by atomic mass is 16.6. The number of fused-ring (bicyclic) bond motifs is 1. The second-order valence-electron chi connectivity index (χ2n) is 8.26. The van der Waals surface area contributed by atoms with Crippen molar-refractivity contribution in [3.63, 3.8) is 0 Å². The molecule has 0 radical (unpaired) electrons. The standard InChI is InChI=1S/C26H31N2O5/c1-3-14-33-26(29)24-23(19-7-5-4-6-8-19)21-10-9-20(18-22(21)25(24)27-2)32-17-13-28(30)11-15-31-16-12-28/h4-10,18,30H,3,11-17H2,1-2H3/q+1/b27-25+. The van der Waals surface area contributed by atoms with Gasteiger partial charge in [-0.15, -0.1) is 0 Å². The van der Waals surface area contributed by atoms with Gasteiger partial charge in [0, 0.05) is 18.2 Å². The van der Waals surface area contributed by atoms with Crippen molar-refractivity contribution in [2.75, 3.05) is 53.1 Å². The van der Waals surface area contributed by atoms with Crippen LogP contribution in [0.25, 0.3) is 5.57 Å². The molecule has 1 aliphatic carbocycles. The van der Waals surface area contributed by atoms with Crippen molar-refractivity contribution in [2.45, 2.75) is 13.3 Å². The van der Waals surface area contributed by atoms with Gasteiger partial charge in [-0.1, -0.05) is 37.3 Å². The molecule has 1 fully saturated rings. The first-order chi connectivity index (χ1) is 16.1. The molecule has 1 N–H and O–H groups in total. The van der Waals surface area contributed by atoms with Crippen molar-refractivity contribution in [3.8, 4) is 5.75 Å². The summed E-state index contributed by atoms with van der Waals surface area (Å²) in [7, 11) is 1.69. The Balaban J connectivity index is 1.62. The number of ether oxygens (including phenoxy) is 3. The molecule has 0 saturated carbocycles. The number of quaternary nitrogens is 1. The summed E-state index contributed by atoms with van der Waals surface area (Å²) in [6.45, 7) is 5.42. The maximum Gasteiger partial charge on any atom is 0.341 e. The molecule has 0 atom stereocenters. The first-order valence-electron chi connectivity index (χ1n) is 11.4. The molecule has 7 heteroatoms. The molecule has 0 unspecified atom stereocenters. The van der Waals surface area contributed by atoms with Crippen LogP contribution in [0.3, 0.4) is 0 Å². The summed E-state index contributed by atoms with van der Waals surface area (Å²) in [5.74, 6) is 0.305. The van der Waals surface area contributed by atoms with E-state index in [0.29, 0.717) is 63.1 Å². The largest absolute Gasteiger partial charge is 0.488 e. The number of hydrogen-bond donors (Lipinski definition) is 1. The number of hydrogen-bond acceptors (Lipinski definition) is 6. The molecule has 1 saturated heterocycles. The van der Waals surface area contributed by atoms with Gasteiger partial charge >= 0.3 is 5.97 Å². The predicted molar refractivity (Wildman–Crippen MR) is 126 cm³/mol. The third kappa shape index (κ3) is 5.00. The Morgan fingerprint density at radius 2 is 1.85 bits per heavy atom. The van der Waals surface area contributed by atoms with E-state index >= 15 is 0 Å². The van der Waals surface area contributed by atoms with E-state index in [9.17, 15) is 10.0 Å².